The first kappa shape index (κ1) is 13.3. The van der Waals surface area contributed by atoms with Crippen LogP contribution in [-0.4, -0.2) is 28.7 Å². The second-order valence-corrected chi connectivity index (χ2v) is 5.66. The molecule has 1 aliphatic carbocycles. The molecule has 1 saturated carbocycles. The summed E-state index contributed by atoms with van der Waals surface area (Å²) in [5.41, 5.74) is 0.497. The molecule has 5 nitrogen and oxygen atoms in total. The molecule has 1 aliphatic heterocycles. The Morgan fingerprint density at radius 2 is 2.05 bits per heavy atom. The van der Waals surface area contributed by atoms with E-state index in [1.807, 2.05) is 19.3 Å². The van der Waals surface area contributed by atoms with Gasteiger partial charge in [-0.2, -0.15) is 5.26 Å². The monoisotopic (exact) mass is 271 g/mol. The molecule has 0 amide bonds. The molecule has 2 N–H and O–H groups in total. The minimum Gasteiger partial charge on any atom is -0.317 e. The van der Waals surface area contributed by atoms with Crippen molar-refractivity contribution in [2.24, 2.45) is 0 Å². The van der Waals surface area contributed by atoms with E-state index < -0.39 is 0 Å². The molecule has 0 saturated heterocycles. The van der Waals surface area contributed by atoms with Crippen molar-refractivity contribution in [2.75, 3.05) is 7.05 Å². The molecule has 0 bridgehead atoms. The molecule has 2 heterocycles. The fourth-order valence-corrected chi connectivity index (χ4v) is 3.22. The van der Waals surface area contributed by atoms with Crippen LogP contribution < -0.4 is 10.6 Å². The van der Waals surface area contributed by atoms with Crippen molar-refractivity contribution in [2.45, 2.75) is 50.4 Å². The number of aromatic nitrogens is 2. The highest BCUT2D eigenvalue weighted by Crippen LogP contribution is 2.25. The molecule has 20 heavy (non-hydrogen) atoms. The lowest BCUT2D eigenvalue weighted by atomic mass is 9.91. The fraction of sp³-hybridized carbons (Fsp3) is 0.600. The van der Waals surface area contributed by atoms with Gasteiger partial charge in [0.25, 0.3) is 0 Å². The molecule has 0 spiro atoms. The average Bonchev–Trinajstić information content (AvgIpc) is 2.92. The van der Waals surface area contributed by atoms with Crippen LogP contribution in [0, 0.1) is 11.3 Å². The van der Waals surface area contributed by atoms with Crippen LogP contribution in [0.1, 0.15) is 49.8 Å². The van der Waals surface area contributed by atoms with Gasteiger partial charge in [-0.05, 0) is 45.2 Å². The summed E-state index contributed by atoms with van der Waals surface area (Å²) in [7, 11) is 2.05. The van der Waals surface area contributed by atoms with E-state index >= 15 is 0 Å². The van der Waals surface area contributed by atoms with Gasteiger partial charge in [0, 0.05) is 18.3 Å². The van der Waals surface area contributed by atoms with Crippen molar-refractivity contribution in [3.8, 4) is 6.07 Å². The SMILES string of the molecule is CNC1CCC(NC2CC=Cc3nc(C#N)cn32)CC1. The van der Waals surface area contributed by atoms with Crippen LogP contribution in [0.4, 0.5) is 0 Å². The number of nitriles is 1. The maximum atomic E-state index is 8.97. The Labute approximate surface area is 119 Å². The number of nitrogens with zero attached hydrogens (tertiary/aromatic N) is 3. The van der Waals surface area contributed by atoms with Crippen LogP contribution in [0.2, 0.25) is 0 Å². The first-order chi connectivity index (χ1) is 9.80. The summed E-state index contributed by atoms with van der Waals surface area (Å²) >= 11 is 0. The first-order valence-electron chi connectivity index (χ1n) is 7.39. The number of fused-ring (bicyclic) bond motifs is 1. The summed E-state index contributed by atoms with van der Waals surface area (Å²) in [6, 6.07) is 3.36. The summed E-state index contributed by atoms with van der Waals surface area (Å²) in [6.07, 6.45) is 12.1. The Morgan fingerprint density at radius 3 is 2.75 bits per heavy atom. The Balaban J connectivity index is 1.66. The van der Waals surface area contributed by atoms with E-state index in [4.69, 9.17) is 5.26 Å². The first-order valence-corrected chi connectivity index (χ1v) is 7.39. The lowest BCUT2D eigenvalue weighted by molar-refractivity contribution is 0.264. The zero-order valence-electron chi connectivity index (χ0n) is 11.8. The van der Waals surface area contributed by atoms with Crippen LogP contribution >= 0.6 is 0 Å². The number of hydrogen-bond acceptors (Lipinski definition) is 4. The molecule has 5 heteroatoms. The molecule has 1 atom stereocenters. The molecule has 1 unspecified atom stereocenters. The van der Waals surface area contributed by atoms with Crippen molar-refractivity contribution >= 4 is 6.08 Å². The van der Waals surface area contributed by atoms with E-state index in [1.54, 1.807) is 0 Å². The van der Waals surface area contributed by atoms with Crippen molar-refractivity contribution in [1.82, 2.24) is 20.2 Å². The largest absolute Gasteiger partial charge is 0.317 e. The van der Waals surface area contributed by atoms with Gasteiger partial charge in [-0.25, -0.2) is 4.98 Å². The topological polar surface area (TPSA) is 65.7 Å². The van der Waals surface area contributed by atoms with Gasteiger partial charge in [0.15, 0.2) is 5.69 Å². The third-order valence-corrected chi connectivity index (χ3v) is 4.40. The highest BCUT2D eigenvalue weighted by atomic mass is 15.2. The van der Waals surface area contributed by atoms with Gasteiger partial charge in [0.05, 0.1) is 6.17 Å². The van der Waals surface area contributed by atoms with E-state index in [1.165, 1.54) is 25.7 Å². The van der Waals surface area contributed by atoms with Gasteiger partial charge >= 0.3 is 0 Å². The maximum Gasteiger partial charge on any atom is 0.159 e. The Morgan fingerprint density at radius 1 is 1.30 bits per heavy atom. The van der Waals surface area contributed by atoms with E-state index in [0.717, 1.165) is 12.2 Å². The maximum absolute atomic E-state index is 8.97. The zero-order valence-corrected chi connectivity index (χ0v) is 11.8. The predicted octanol–water partition coefficient (Wildman–Crippen LogP) is 1.79. The second kappa shape index (κ2) is 5.78. The quantitative estimate of drug-likeness (QED) is 0.879. The smallest absolute Gasteiger partial charge is 0.159 e. The van der Waals surface area contributed by atoms with Crippen LogP contribution in [0.25, 0.3) is 6.08 Å². The van der Waals surface area contributed by atoms with Gasteiger partial charge in [0.1, 0.15) is 11.9 Å². The highest BCUT2D eigenvalue weighted by molar-refractivity contribution is 5.45. The Hall–Kier alpha value is -1.64. The van der Waals surface area contributed by atoms with Gasteiger partial charge in [0.2, 0.25) is 0 Å². The van der Waals surface area contributed by atoms with E-state index in [0.29, 0.717) is 17.8 Å². The molecule has 106 valence electrons. The number of imidazole rings is 1. The molecular weight excluding hydrogens is 250 g/mol. The highest BCUT2D eigenvalue weighted by Gasteiger charge is 2.24. The molecule has 0 aromatic carbocycles. The van der Waals surface area contributed by atoms with Crippen molar-refractivity contribution in [3.05, 3.63) is 23.8 Å². The van der Waals surface area contributed by atoms with Crippen LogP contribution in [0.5, 0.6) is 0 Å². The van der Waals surface area contributed by atoms with Gasteiger partial charge in [-0.1, -0.05) is 6.08 Å². The van der Waals surface area contributed by atoms with E-state index in [9.17, 15) is 0 Å². The molecule has 3 rings (SSSR count). The number of hydrogen-bond donors (Lipinski definition) is 2. The molecule has 1 fully saturated rings. The average molecular weight is 271 g/mol. The Kier molecular flexibility index (Phi) is 3.86. The summed E-state index contributed by atoms with van der Waals surface area (Å²) in [6.45, 7) is 0. The number of rotatable bonds is 3. The molecule has 1 aromatic rings. The van der Waals surface area contributed by atoms with Crippen molar-refractivity contribution in [1.29, 1.82) is 5.26 Å². The Bertz CT molecular complexity index is 531. The third kappa shape index (κ3) is 2.62. The van der Waals surface area contributed by atoms with Crippen LogP contribution in [-0.2, 0) is 0 Å². The minimum absolute atomic E-state index is 0.237. The summed E-state index contributed by atoms with van der Waals surface area (Å²) in [4.78, 5) is 4.30. The lowest BCUT2D eigenvalue weighted by Crippen LogP contribution is -2.42. The lowest BCUT2D eigenvalue weighted by Gasteiger charge is -2.33. The molecule has 2 aliphatic rings. The van der Waals surface area contributed by atoms with E-state index in [-0.39, 0.29) is 6.17 Å². The van der Waals surface area contributed by atoms with Crippen LogP contribution in [0.3, 0.4) is 0 Å². The third-order valence-electron chi connectivity index (χ3n) is 4.40. The number of nitrogens with one attached hydrogen (secondary N) is 2. The van der Waals surface area contributed by atoms with E-state index in [2.05, 4.69) is 32.3 Å². The summed E-state index contributed by atoms with van der Waals surface area (Å²) in [5, 5.41) is 16.1. The zero-order chi connectivity index (χ0) is 13.9. The summed E-state index contributed by atoms with van der Waals surface area (Å²) in [5.74, 6) is 0.884. The van der Waals surface area contributed by atoms with Gasteiger partial charge in [-0.15, -0.1) is 0 Å². The van der Waals surface area contributed by atoms with Crippen molar-refractivity contribution < 1.29 is 0 Å². The fourth-order valence-electron chi connectivity index (χ4n) is 3.22. The molecular formula is C15H21N5. The normalized spacial score (nSPS) is 28.9. The van der Waals surface area contributed by atoms with Crippen molar-refractivity contribution in [3.63, 3.8) is 0 Å². The molecule has 1 aromatic heterocycles. The van der Waals surface area contributed by atoms with Gasteiger partial charge < -0.3 is 9.88 Å². The minimum atomic E-state index is 0.237. The standard InChI is InChI=1S/C15H21N5/c1-17-11-5-7-12(8-6-11)18-14-3-2-4-15-19-13(9-16)10-20(14)15/h2,4,10-12,14,17-18H,3,5-8H2,1H3. The van der Waals surface area contributed by atoms with Crippen LogP contribution in [0.15, 0.2) is 12.3 Å². The predicted molar refractivity (Wildman–Crippen MR) is 77.9 cm³/mol. The summed E-state index contributed by atoms with van der Waals surface area (Å²) < 4.78 is 2.10. The molecule has 0 radical (unpaired) electrons. The van der Waals surface area contributed by atoms with Gasteiger partial charge in [-0.3, -0.25) is 5.32 Å². The second-order valence-electron chi connectivity index (χ2n) is 5.66.